The second-order valence-corrected chi connectivity index (χ2v) is 5.28. The van der Waals surface area contributed by atoms with Gasteiger partial charge in [-0.1, -0.05) is 35.9 Å². The number of nitrogens with two attached hydrogens (primary N) is 1. The van der Waals surface area contributed by atoms with E-state index >= 15 is 0 Å². The van der Waals surface area contributed by atoms with E-state index in [-0.39, 0.29) is 24.5 Å². The van der Waals surface area contributed by atoms with Gasteiger partial charge in [0.15, 0.2) is 0 Å². The molecule has 4 N–H and O–H groups in total. The van der Waals surface area contributed by atoms with Crippen LogP contribution in [0.15, 0.2) is 48.5 Å². The van der Waals surface area contributed by atoms with E-state index in [2.05, 4.69) is 10.6 Å². The van der Waals surface area contributed by atoms with Gasteiger partial charge in [-0.25, -0.2) is 4.79 Å². The fourth-order valence-electron chi connectivity index (χ4n) is 1.83. The van der Waals surface area contributed by atoms with Crippen LogP contribution in [0.2, 0.25) is 5.02 Å². The third kappa shape index (κ3) is 5.56. The average Bonchev–Trinajstić information content (AvgIpc) is 2.47. The van der Waals surface area contributed by atoms with Crippen LogP contribution in [0.4, 0.5) is 10.5 Å². The smallest absolute Gasteiger partial charge is 0.319 e. The van der Waals surface area contributed by atoms with Crippen molar-refractivity contribution in [1.29, 1.82) is 0 Å². The van der Waals surface area contributed by atoms with Crippen LogP contribution in [0.25, 0.3) is 0 Å². The lowest BCUT2D eigenvalue weighted by atomic mass is 10.1. The first kappa shape index (κ1) is 18.3. The van der Waals surface area contributed by atoms with E-state index in [4.69, 9.17) is 17.3 Å². The minimum atomic E-state index is -0.251. The lowest BCUT2D eigenvalue weighted by Crippen LogP contribution is -2.28. The van der Waals surface area contributed by atoms with Crippen LogP contribution >= 0.6 is 24.0 Å². The number of benzene rings is 2. The number of nitrogens with one attached hydrogen (secondary N) is 2. The number of carbonyl (C=O) groups is 1. The number of carbonyl (C=O) groups excluding carboxylic acids is 1. The van der Waals surface area contributed by atoms with Crippen LogP contribution in [0.1, 0.15) is 24.1 Å². The first-order chi connectivity index (χ1) is 10.0. The maximum atomic E-state index is 11.8. The largest absolute Gasteiger partial charge is 0.334 e. The summed E-state index contributed by atoms with van der Waals surface area (Å²) in [7, 11) is 0. The molecule has 0 aliphatic carbocycles. The summed E-state index contributed by atoms with van der Waals surface area (Å²) < 4.78 is 0. The van der Waals surface area contributed by atoms with Crippen LogP contribution in [0.5, 0.6) is 0 Å². The van der Waals surface area contributed by atoms with Gasteiger partial charge in [-0.15, -0.1) is 12.4 Å². The molecule has 1 atom stereocenters. The number of hydrogen-bond donors (Lipinski definition) is 3. The maximum absolute atomic E-state index is 11.8. The van der Waals surface area contributed by atoms with Crippen LogP contribution < -0.4 is 16.4 Å². The normalized spacial score (nSPS) is 11.2. The van der Waals surface area contributed by atoms with Gasteiger partial charge in [0.05, 0.1) is 0 Å². The van der Waals surface area contributed by atoms with Crippen LogP contribution in [-0.2, 0) is 6.54 Å². The quantitative estimate of drug-likeness (QED) is 0.784. The lowest BCUT2D eigenvalue weighted by molar-refractivity contribution is 0.251. The molecule has 0 bridgehead atoms. The zero-order chi connectivity index (χ0) is 15.2. The van der Waals surface area contributed by atoms with Gasteiger partial charge in [0.1, 0.15) is 0 Å². The summed E-state index contributed by atoms with van der Waals surface area (Å²) in [5.74, 6) is 0. The molecule has 0 fully saturated rings. The first-order valence-corrected chi connectivity index (χ1v) is 7.07. The van der Waals surface area contributed by atoms with Gasteiger partial charge < -0.3 is 16.4 Å². The number of amides is 2. The average molecular weight is 340 g/mol. The molecule has 2 amide bonds. The zero-order valence-electron chi connectivity index (χ0n) is 12.2. The SMILES string of the molecule is C[C@H](N)c1ccc(NC(=O)NCc2ccc(Cl)cc2)cc1.Cl. The summed E-state index contributed by atoms with van der Waals surface area (Å²) in [6.45, 7) is 2.36. The molecule has 0 aliphatic rings. The van der Waals surface area contributed by atoms with Crippen molar-refractivity contribution in [3.8, 4) is 0 Å². The van der Waals surface area contributed by atoms with E-state index in [0.717, 1.165) is 16.8 Å². The fourth-order valence-corrected chi connectivity index (χ4v) is 1.96. The van der Waals surface area contributed by atoms with Crippen molar-refractivity contribution >= 4 is 35.7 Å². The van der Waals surface area contributed by atoms with Crippen LogP contribution in [-0.4, -0.2) is 6.03 Å². The van der Waals surface area contributed by atoms with Gasteiger partial charge in [-0.2, -0.15) is 0 Å². The van der Waals surface area contributed by atoms with Crippen LogP contribution in [0, 0.1) is 0 Å². The number of urea groups is 1. The van der Waals surface area contributed by atoms with Crippen molar-refractivity contribution in [2.45, 2.75) is 19.5 Å². The Morgan fingerprint density at radius 2 is 1.73 bits per heavy atom. The van der Waals surface area contributed by atoms with Crippen LogP contribution in [0.3, 0.4) is 0 Å². The highest BCUT2D eigenvalue weighted by atomic mass is 35.5. The second-order valence-electron chi connectivity index (χ2n) is 4.84. The van der Waals surface area contributed by atoms with E-state index in [0.29, 0.717) is 11.6 Å². The predicted molar refractivity (Wildman–Crippen MR) is 93.6 cm³/mol. The molecule has 118 valence electrons. The topological polar surface area (TPSA) is 67.1 Å². The number of anilines is 1. The summed E-state index contributed by atoms with van der Waals surface area (Å²) in [5.41, 5.74) is 8.53. The summed E-state index contributed by atoms with van der Waals surface area (Å²) in [6, 6.07) is 14.5. The molecule has 0 saturated heterocycles. The van der Waals surface area contributed by atoms with Crippen molar-refractivity contribution in [1.82, 2.24) is 5.32 Å². The van der Waals surface area contributed by atoms with Crippen molar-refractivity contribution in [2.75, 3.05) is 5.32 Å². The maximum Gasteiger partial charge on any atom is 0.319 e. The van der Waals surface area contributed by atoms with Crippen molar-refractivity contribution in [3.05, 3.63) is 64.7 Å². The van der Waals surface area contributed by atoms with E-state index < -0.39 is 0 Å². The van der Waals surface area contributed by atoms with Gasteiger partial charge in [-0.05, 0) is 42.3 Å². The van der Waals surface area contributed by atoms with Crippen molar-refractivity contribution in [2.24, 2.45) is 5.73 Å². The van der Waals surface area contributed by atoms with E-state index in [9.17, 15) is 4.79 Å². The third-order valence-electron chi connectivity index (χ3n) is 3.06. The summed E-state index contributed by atoms with van der Waals surface area (Å²) in [6.07, 6.45) is 0. The fraction of sp³-hybridized carbons (Fsp3) is 0.188. The molecule has 2 aromatic rings. The van der Waals surface area contributed by atoms with Gasteiger partial charge >= 0.3 is 6.03 Å². The van der Waals surface area contributed by atoms with Gasteiger partial charge in [0.25, 0.3) is 0 Å². The Balaban J connectivity index is 0.00000242. The van der Waals surface area contributed by atoms with E-state index in [1.165, 1.54) is 0 Å². The molecule has 0 aliphatic heterocycles. The Kier molecular flexibility index (Phi) is 7.18. The molecule has 6 heteroatoms. The monoisotopic (exact) mass is 339 g/mol. The molecule has 2 aromatic carbocycles. The van der Waals surface area contributed by atoms with Crippen molar-refractivity contribution < 1.29 is 4.79 Å². The molecule has 0 radical (unpaired) electrons. The lowest BCUT2D eigenvalue weighted by Gasteiger charge is -2.10. The molecular weight excluding hydrogens is 321 g/mol. The Morgan fingerprint density at radius 1 is 1.14 bits per heavy atom. The summed E-state index contributed by atoms with van der Waals surface area (Å²) in [4.78, 5) is 11.8. The molecule has 0 saturated carbocycles. The highest BCUT2D eigenvalue weighted by molar-refractivity contribution is 6.30. The zero-order valence-corrected chi connectivity index (χ0v) is 13.7. The summed E-state index contributed by atoms with van der Waals surface area (Å²) >= 11 is 5.81. The molecule has 0 unspecified atom stereocenters. The predicted octanol–water partition coefficient (Wildman–Crippen LogP) is 4.10. The minimum Gasteiger partial charge on any atom is -0.334 e. The molecule has 0 spiro atoms. The molecule has 22 heavy (non-hydrogen) atoms. The van der Waals surface area contributed by atoms with Crippen molar-refractivity contribution in [3.63, 3.8) is 0 Å². The standard InChI is InChI=1S/C16H18ClN3O.ClH/c1-11(18)13-4-8-15(9-5-13)20-16(21)19-10-12-2-6-14(17)7-3-12;/h2-9,11H,10,18H2,1H3,(H2,19,20,21);1H/t11-;/m0./s1. The molecule has 4 nitrogen and oxygen atoms in total. The molecule has 0 aromatic heterocycles. The van der Waals surface area contributed by atoms with E-state index in [1.54, 1.807) is 12.1 Å². The molecule has 2 rings (SSSR count). The Labute approximate surface area is 141 Å². The van der Waals surface area contributed by atoms with E-state index in [1.807, 2.05) is 43.3 Å². The number of halogens is 2. The molecule has 0 heterocycles. The van der Waals surface area contributed by atoms with Gasteiger partial charge in [0, 0.05) is 23.3 Å². The van der Waals surface area contributed by atoms with Gasteiger partial charge in [-0.3, -0.25) is 0 Å². The number of rotatable bonds is 4. The Hall–Kier alpha value is -1.75. The minimum absolute atomic E-state index is 0. The Morgan fingerprint density at radius 3 is 2.27 bits per heavy atom. The van der Waals surface area contributed by atoms with Gasteiger partial charge in [0.2, 0.25) is 0 Å². The molecular formula is C16H19Cl2N3O. The second kappa shape index (κ2) is 8.63. The highest BCUT2D eigenvalue weighted by Crippen LogP contribution is 2.14. The first-order valence-electron chi connectivity index (χ1n) is 6.69. The number of hydrogen-bond acceptors (Lipinski definition) is 2. The third-order valence-corrected chi connectivity index (χ3v) is 3.31. The highest BCUT2D eigenvalue weighted by Gasteiger charge is 2.03. The Bertz CT molecular complexity index is 598. The summed E-state index contributed by atoms with van der Waals surface area (Å²) in [5, 5.41) is 6.24.